The number of likely N-dealkylation sites (N-methyl/N-ethyl adjacent to an activating group) is 1. The average Bonchev–Trinajstić information content (AvgIpc) is 2.94. The molecule has 25 heavy (non-hydrogen) atoms. The summed E-state index contributed by atoms with van der Waals surface area (Å²) >= 11 is 0. The molecule has 0 radical (unpaired) electrons. The number of fused-ring (bicyclic) bond motifs is 1. The van der Waals surface area contributed by atoms with E-state index in [1.807, 2.05) is 30.2 Å². The zero-order valence-electron chi connectivity index (χ0n) is 14.9. The predicted molar refractivity (Wildman–Crippen MR) is 100.0 cm³/mol. The van der Waals surface area contributed by atoms with Crippen LogP contribution in [0.3, 0.4) is 0 Å². The Labute approximate surface area is 147 Å². The van der Waals surface area contributed by atoms with E-state index >= 15 is 0 Å². The van der Waals surface area contributed by atoms with Crippen LogP contribution in [0.4, 0.5) is 4.39 Å². The Morgan fingerprint density at radius 3 is 2.36 bits per heavy atom. The van der Waals surface area contributed by atoms with Crippen molar-refractivity contribution in [3.05, 3.63) is 59.9 Å². The Morgan fingerprint density at radius 2 is 1.72 bits per heavy atom. The second-order valence-electron chi connectivity index (χ2n) is 6.25. The standard InChI is InChI=1S/C21H23FN2O/c1-4-23(5-2)21(25)14-24-19-12-15(3)6-7-17(19)13-20(24)16-8-10-18(22)11-9-16/h6-13H,4-5,14H2,1-3H3. The summed E-state index contributed by atoms with van der Waals surface area (Å²) < 4.78 is 15.3. The van der Waals surface area contributed by atoms with E-state index < -0.39 is 0 Å². The highest BCUT2D eigenvalue weighted by atomic mass is 19.1. The molecule has 3 aromatic rings. The Kier molecular flexibility index (Phi) is 4.88. The lowest BCUT2D eigenvalue weighted by molar-refractivity contribution is -0.131. The monoisotopic (exact) mass is 338 g/mol. The molecule has 0 aliphatic carbocycles. The first-order valence-electron chi connectivity index (χ1n) is 8.67. The van der Waals surface area contributed by atoms with Crippen molar-refractivity contribution in [2.75, 3.05) is 13.1 Å². The van der Waals surface area contributed by atoms with Crippen LogP contribution in [0.1, 0.15) is 19.4 Å². The highest BCUT2D eigenvalue weighted by molar-refractivity contribution is 5.89. The second-order valence-corrected chi connectivity index (χ2v) is 6.25. The van der Waals surface area contributed by atoms with Crippen LogP contribution in [-0.4, -0.2) is 28.5 Å². The maximum Gasteiger partial charge on any atom is 0.242 e. The van der Waals surface area contributed by atoms with Gasteiger partial charge in [0.2, 0.25) is 5.91 Å². The predicted octanol–water partition coefficient (Wildman–Crippen LogP) is 4.62. The van der Waals surface area contributed by atoms with Crippen molar-refractivity contribution in [3.8, 4) is 11.3 Å². The van der Waals surface area contributed by atoms with Gasteiger partial charge in [0.05, 0.1) is 0 Å². The molecule has 4 heteroatoms. The number of amides is 1. The van der Waals surface area contributed by atoms with Crippen LogP contribution in [0, 0.1) is 12.7 Å². The number of carbonyl (C=O) groups excluding carboxylic acids is 1. The van der Waals surface area contributed by atoms with Gasteiger partial charge in [-0.1, -0.05) is 12.1 Å². The van der Waals surface area contributed by atoms with E-state index in [9.17, 15) is 9.18 Å². The number of rotatable bonds is 5. The normalized spacial score (nSPS) is 11.0. The summed E-state index contributed by atoms with van der Waals surface area (Å²) in [5.74, 6) is -0.172. The molecule has 2 aromatic carbocycles. The number of nitrogens with zero attached hydrogens (tertiary/aromatic N) is 2. The Morgan fingerprint density at radius 1 is 1.04 bits per heavy atom. The van der Waals surface area contributed by atoms with Gasteiger partial charge in [0, 0.05) is 29.7 Å². The summed E-state index contributed by atoms with van der Waals surface area (Å²) in [6.45, 7) is 7.68. The molecule has 0 saturated heterocycles. The minimum absolute atomic E-state index is 0.0902. The number of halogens is 1. The molecule has 0 fully saturated rings. The third-order valence-electron chi connectivity index (χ3n) is 4.61. The Balaban J connectivity index is 2.12. The summed E-state index contributed by atoms with van der Waals surface area (Å²) in [5.41, 5.74) is 4.01. The molecular formula is C21H23FN2O. The average molecular weight is 338 g/mol. The van der Waals surface area contributed by atoms with Crippen molar-refractivity contribution in [3.63, 3.8) is 0 Å². The van der Waals surface area contributed by atoms with Crippen LogP contribution >= 0.6 is 0 Å². The fourth-order valence-corrected chi connectivity index (χ4v) is 3.21. The van der Waals surface area contributed by atoms with E-state index in [2.05, 4.69) is 24.3 Å². The highest BCUT2D eigenvalue weighted by Crippen LogP contribution is 2.29. The SMILES string of the molecule is CCN(CC)C(=O)Cn1c(-c2ccc(F)cc2)cc2ccc(C)cc21. The summed E-state index contributed by atoms with van der Waals surface area (Å²) in [4.78, 5) is 14.5. The Hall–Kier alpha value is -2.62. The summed E-state index contributed by atoms with van der Waals surface area (Å²) in [7, 11) is 0. The largest absolute Gasteiger partial charge is 0.342 e. The fourth-order valence-electron chi connectivity index (χ4n) is 3.21. The number of hydrogen-bond donors (Lipinski definition) is 0. The maximum atomic E-state index is 13.3. The summed E-state index contributed by atoms with van der Waals surface area (Å²) in [6.07, 6.45) is 0. The van der Waals surface area contributed by atoms with Crippen molar-refractivity contribution in [1.29, 1.82) is 0 Å². The molecule has 0 N–H and O–H groups in total. The molecule has 0 atom stereocenters. The molecule has 0 aliphatic rings. The maximum absolute atomic E-state index is 13.3. The third kappa shape index (κ3) is 3.43. The first-order chi connectivity index (χ1) is 12.0. The van der Waals surface area contributed by atoms with Gasteiger partial charge in [0.1, 0.15) is 12.4 Å². The molecule has 0 bridgehead atoms. The molecule has 130 valence electrons. The number of benzene rings is 2. The molecule has 0 spiro atoms. The van der Waals surface area contributed by atoms with Crippen molar-refractivity contribution < 1.29 is 9.18 Å². The molecule has 0 saturated carbocycles. The van der Waals surface area contributed by atoms with Gasteiger partial charge in [-0.25, -0.2) is 4.39 Å². The van der Waals surface area contributed by atoms with Crippen LogP contribution in [0.5, 0.6) is 0 Å². The first kappa shape index (κ1) is 17.2. The molecule has 1 heterocycles. The van der Waals surface area contributed by atoms with Gasteiger partial charge in [-0.15, -0.1) is 0 Å². The van der Waals surface area contributed by atoms with Crippen LogP contribution in [-0.2, 0) is 11.3 Å². The lowest BCUT2D eigenvalue weighted by atomic mass is 10.1. The van der Waals surface area contributed by atoms with Crippen LogP contribution < -0.4 is 0 Å². The smallest absolute Gasteiger partial charge is 0.242 e. The molecule has 3 nitrogen and oxygen atoms in total. The zero-order valence-corrected chi connectivity index (χ0v) is 14.9. The number of carbonyl (C=O) groups is 1. The number of hydrogen-bond acceptors (Lipinski definition) is 1. The minimum atomic E-state index is -0.263. The van der Waals surface area contributed by atoms with Gasteiger partial charge in [0.15, 0.2) is 0 Å². The Bertz CT molecular complexity index is 892. The fraction of sp³-hybridized carbons (Fsp3) is 0.286. The van der Waals surface area contributed by atoms with Crippen molar-refractivity contribution in [1.82, 2.24) is 9.47 Å². The molecule has 0 aliphatic heterocycles. The number of aryl methyl sites for hydroxylation is 1. The summed E-state index contributed by atoms with van der Waals surface area (Å²) in [6, 6.07) is 14.7. The third-order valence-corrected chi connectivity index (χ3v) is 4.61. The van der Waals surface area contributed by atoms with Gasteiger partial charge in [-0.05, 0) is 68.3 Å². The lowest BCUT2D eigenvalue weighted by Gasteiger charge is -2.20. The van der Waals surface area contributed by atoms with E-state index in [0.717, 1.165) is 27.7 Å². The topological polar surface area (TPSA) is 25.2 Å². The van der Waals surface area contributed by atoms with Crippen molar-refractivity contribution in [2.45, 2.75) is 27.3 Å². The van der Waals surface area contributed by atoms with Crippen molar-refractivity contribution in [2.24, 2.45) is 0 Å². The van der Waals surface area contributed by atoms with Gasteiger partial charge in [-0.2, -0.15) is 0 Å². The summed E-state index contributed by atoms with van der Waals surface area (Å²) in [5, 5.41) is 1.08. The van der Waals surface area contributed by atoms with Gasteiger partial charge in [0.25, 0.3) is 0 Å². The molecule has 1 aromatic heterocycles. The quantitative estimate of drug-likeness (QED) is 0.666. The van der Waals surface area contributed by atoms with E-state index in [-0.39, 0.29) is 18.3 Å². The van der Waals surface area contributed by atoms with Crippen LogP contribution in [0.2, 0.25) is 0 Å². The van der Waals surface area contributed by atoms with Crippen LogP contribution in [0.15, 0.2) is 48.5 Å². The zero-order chi connectivity index (χ0) is 18.0. The van der Waals surface area contributed by atoms with E-state index in [0.29, 0.717) is 13.1 Å². The molecule has 3 rings (SSSR count). The van der Waals surface area contributed by atoms with E-state index in [1.165, 1.54) is 12.1 Å². The second kappa shape index (κ2) is 7.09. The van der Waals surface area contributed by atoms with Gasteiger partial charge < -0.3 is 9.47 Å². The molecule has 1 amide bonds. The van der Waals surface area contributed by atoms with Gasteiger partial charge >= 0.3 is 0 Å². The van der Waals surface area contributed by atoms with Crippen LogP contribution in [0.25, 0.3) is 22.2 Å². The minimum Gasteiger partial charge on any atom is -0.342 e. The van der Waals surface area contributed by atoms with E-state index in [4.69, 9.17) is 0 Å². The first-order valence-corrected chi connectivity index (χ1v) is 8.67. The van der Waals surface area contributed by atoms with Crippen molar-refractivity contribution >= 4 is 16.8 Å². The lowest BCUT2D eigenvalue weighted by Crippen LogP contribution is -2.33. The number of aromatic nitrogens is 1. The molecule has 0 unspecified atom stereocenters. The van der Waals surface area contributed by atoms with Gasteiger partial charge in [-0.3, -0.25) is 4.79 Å². The highest BCUT2D eigenvalue weighted by Gasteiger charge is 2.16. The molecular weight excluding hydrogens is 315 g/mol. The van der Waals surface area contributed by atoms with E-state index in [1.54, 1.807) is 12.1 Å².